The molecule has 0 aromatic heterocycles. The summed E-state index contributed by atoms with van der Waals surface area (Å²) in [5.41, 5.74) is 8.36. The highest BCUT2D eigenvalue weighted by atomic mass is 16.3. The van der Waals surface area contributed by atoms with Crippen LogP contribution in [0.2, 0.25) is 0 Å². The summed E-state index contributed by atoms with van der Waals surface area (Å²) in [5, 5.41) is 22.3. The van der Waals surface area contributed by atoms with Crippen molar-refractivity contribution in [3.8, 4) is 11.5 Å². The Bertz CT molecular complexity index is 1120. The van der Waals surface area contributed by atoms with E-state index in [2.05, 4.69) is 64.1 Å². The van der Waals surface area contributed by atoms with Gasteiger partial charge in [0.15, 0.2) is 0 Å². The van der Waals surface area contributed by atoms with Gasteiger partial charge in [0.25, 0.3) is 0 Å². The summed E-state index contributed by atoms with van der Waals surface area (Å²) in [6.45, 7) is 8.37. The molecule has 4 aromatic carbocycles. The molecule has 31 heavy (non-hydrogen) atoms. The third-order valence-corrected chi connectivity index (χ3v) is 6.29. The summed E-state index contributed by atoms with van der Waals surface area (Å²) in [7, 11) is 0. The third-order valence-electron chi connectivity index (χ3n) is 6.29. The first-order valence-corrected chi connectivity index (χ1v) is 10.7. The molecule has 3 heteroatoms. The molecular formula is C28H28BO2-. The molecule has 0 fully saturated rings. The highest BCUT2D eigenvalue weighted by Gasteiger charge is 2.35. The van der Waals surface area contributed by atoms with E-state index in [1.165, 1.54) is 0 Å². The molecule has 0 amide bonds. The summed E-state index contributed by atoms with van der Waals surface area (Å²) in [6.07, 6.45) is -1.84. The Kier molecular flexibility index (Phi) is 5.37. The van der Waals surface area contributed by atoms with Crippen LogP contribution in [0, 0.1) is 27.7 Å². The maximum atomic E-state index is 11.1. The fourth-order valence-electron chi connectivity index (χ4n) is 5.31. The standard InChI is InChI=1S/C28H28BO2/c1-19-13-20(2)16-23(15-19)29(25-9-5-7-11-27(25)30,26-10-6-8-12-28(26)31)24-17-21(3)14-22(4)18-24/h5-18,30-31H,1-4H3/q-1. The van der Waals surface area contributed by atoms with Gasteiger partial charge in [-0.1, -0.05) is 95.1 Å². The van der Waals surface area contributed by atoms with Gasteiger partial charge < -0.3 is 10.2 Å². The Hall–Kier alpha value is -3.46. The van der Waals surface area contributed by atoms with Crippen molar-refractivity contribution in [3.05, 3.63) is 107 Å². The van der Waals surface area contributed by atoms with E-state index in [-0.39, 0.29) is 11.5 Å². The number of rotatable bonds is 4. The predicted molar refractivity (Wildman–Crippen MR) is 132 cm³/mol. The van der Waals surface area contributed by atoms with Crippen LogP contribution in [0.25, 0.3) is 0 Å². The number of benzene rings is 4. The van der Waals surface area contributed by atoms with Crippen molar-refractivity contribution in [1.82, 2.24) is 0 Å². The Morgan fingerprint density at radius 3 is 1.13 bits per heavy atom. The van der Waals surface area contributed by atoms with Crippen LogP contribution < -0.4 is 21.9 Å². The molecule has 0 heterocycles. The Morgan fingerprint density at radius 1 is 0.484 bits per heavy atom. The molecule has 0 unspecified atom stereocenters. The number of para-hydroxylation sites is 2. The predicted octanol–water partition coefficient (Wildman–Crippen LogP) is 3.71. The van der Waals surface area contributed by atoms with Crippen LogP contribution in [0.5, 0.6) is 11.5 Å². The molecule has 0 aliphatic rings. The lowest BCUT2D eigenvalue weighted by atomic mass is 9.12. The molecule has 4 aromatic rings. The first kappa shape index (κ1) is 20.8. The molecular weight excluding hydrogens is 379 g/mol. The molecule has 0 aliphatic heterocycles. The van der Waals surface area contributed by atoms with Gasteiger partial charge in [-0.2, -0.15) is 21.9 Å². The molecule has 0 radical (unpaired) electrons. The van der Waals surface area contributed by atoms with Gasteiger partial charge in [-0.3, -0.25) is 0 Å². The zero-order valence-electron chi connectivity index (χ0n) is 18.6. The van der Waals surface area contributed by atoms with Crippen LogP contribution >= 0.6 is 0 Å². The van der Waals surface area contributed by atoms with E-state index in [1.807, 2.05) is 36.4 Å². The fourth-order valence-corrected chi connectivity index (χ4v) is 5.31. The molecule has 0 atom stereocenters. The summed E-state index contributed by atoms with van der Waals surface area (Å²) in [5.74, 6) is 0.452. The van der Waals surface area contributed by atoms with Gasteiger partial charge in [-0.25, -0.2) is 0 Å². The minimum absolute atomic E-state index is 0.226. The minimum Gasteiger partial charge on any atom is -0.511 e. The number of aryl methyl sites for hydroxylation is 4. The van der Waals surface area contributed by atoms with Gasteiger partial charge in [-0.05, 0) is 39.8 Å². The minimum atomic E-state index is -1.84. The van der Waals surface area contributed by atoms with Gasteiger partial charge in [0.1, 0.15) is 6.15 Å². The second kappa shape index (κ2) is 8.00. The van der Waals surface area contributed by atoms with E-state index >= 15 is 0 Å². The molecule has 2 nitrogen and oxygen atoms in total. The first-order valence-electron chi connectivity index (χ1n) is 10.7. The molecule has 0 saturated carbocycles. The van der Waals surface area contributed by atoms with Gasteiger partial charge in [0.2, 0.25) is 0 Å². The lowest BCUT2D eigenvalue weighted by molar-refractivity contribution is 0.478. The van der Waals surface area contributed by atoms with Crippen LogP contribution in [-0.2, 0) is 0 Å². The van der Waals surface area contributed by atoms with Crippen molar-refractivity contribution < 1.29 is 10.2 Å². The third kappa shape index (κ3) is 3.61. The largest absolute Gasteiger partial charge is 0.511 e. The first-order chi connectivity index (χ1) is 14.8. The van der Waals surface area contributed by atoms with Crippen molar-refractivity contribution in [2.45, 2.75) is 27.7 Å². The average Bonchev–Trinajstić information content (AvgIpc) is 2.70. The molecule has 0 saturated heterocycles. The lowest BCUT2D eigenvalue weighted by Gasteiger charge is -2.45. The van der Waals surface area contributed by atoms with Crippen molar-refractivity contribution in [2.24, 2.45) is 0 Å². The number of hydrogen-bond donors (Lipinski definition) is 2. The van der Waals surface area contributed by atoms with Crippen LogP contribution in [0.15, 0.2) is 84.9 Å². The highest BCUT2D eigenvalue weighted by molar-refractivity contribution is 7.20. The Labute approximate surface area is 184 Å². The number of aromatic hydroxyl groups is 2. The zero-order valence-corrected chi connectivity index (χ0v) is 18.6. The highest BCUT2D eigenvalue weighted by Crippen LogP contribution is 2.21. The Balaban J connectivity index is 2.27. The quantitative estimate of drug-likeness (QED) is 0.507. The van der Waals surface area contributed by atoms with Crippen LogP contribution in [0.4, 0.5) is 0 Å². The lowest BCUT2D eigenvalue weighted by Crippen LogP contribution is -2.75. The van der Waals surface area contributed by atoms with Crippen molar-refractivity contribution in [3.63, 3.8) is 0 Å². The number of hydrogen-bond acceptors (Lipinski definition) is 2. The topological polar surface area (TPSA) is 40.5 Å². The molecule has 2 N–H and O–H groups in total. The second-order valence-electron chi connectivity index (χ2n) is 8.83. The normalized spacial score (nSPS) is 11.5. The summed E-state index contributed by atoms with van der Waals surface area (Å²) >= 11 is 0. The summed E-state index contributed by atoms with van der Waals surface area (Å²) in [6, 6.07) is 28.1. The van der Waals surface area contributed by atoms with Gasteiger partial charge in [0, 0.05) is 0 Å². The van der Waals surface area contributed by atoms with E-state index in [1.54, 1.807) is 12.1 Å². The summed E-state index contributed by atoms with van der Waals surface area (Å²) < 4.78 is 0. The van der Waals surface area contributed by atoms with E-state index in [0.29, 0.717) is 0 Å². The van der Waals surface area contributed by atoms with Crippen molar-refractivity contribution in [1.29, 1.82) is 0 Å². The van der Waals surface area contributed by atoms with Crippen LogP contribution in [0.3, 0.4) is 0 Å². The van der Waals surface area contributed by atoms with Gasteiger partial charge >= 0.3 is 0 Å². The van der Waals surface area contributed by atoms with E-state index in [9.17, 15) is 10.2 Å². The van der Waals surface area contributed by atoms with E-state index < -0.39 is 6.15 Å². The molecule has 0 bridgehead atoms. The van der Waals surface area contributed by atoms with Crippen molar-refractivity contribution >= 4 is 28.0 Å². The average molecular weight is 407 g/mol. The molecule has 4 rings (SSSR count). The summed E-state index contributed by atoms with van der Waals surface area (Å²) in [4.78, 5) is 0. The molecule has 0 aliphatic carbocycles. The SMILES string of the molecule is Cc1cc(C)cc([B-](c2cc(C)cc(C)c2)(c2ccccc2O)c2ccccc2O)c1. The number of phenolic OH excluding ortho intramolecular Hbond substituents is 2. The van der Waals surface area contributed by atoms with Gasteiger partial charge in [-0.15, -0.1) is 0 Å². The van der Waals surface area contributed by atoms with Crippen LogP contribution in [0.1, 0.15) is 22.3 Å². The van der Waals surface area contributed by atoms with Crippen LogP contribution in [-0.4, -0.2) is 16.4 Å². The van der Waals surface area contributed by atoms with E-state index in [4.69, 9.17) is 0 Å². The Morgan fingerprint density at radius 2 is 0.806 bits per heavy atom. The maximum absolute atomic E-state index is 11.1. The molecule has 156 valence electrons. The zero-order chi connectivity index (χ0) is 22.2. The second-order valence-corrected chi connectivity index (χ2v) is 8.83. The molecule has 0 spiro atoms. The smallest absolute Gasteiger partial charge is 0.117 e. The van der Waals surface area contributed by atoms with Crippen molar-refractivity contribution in [2.75, 3.05) is 0 Å². The van der Waals surface area contributed by atoms with Gasteiger partial charge in [0.05, 0.1) is 11.5 Å². The van der Waals surface area contributed by atoms with E-state index in [0.717, 1.165) is 44.1 Å². The maximum Gasteiger partial charge on any atom is 0.117 e. The fraction of sp³-hybridized carbons (Fsp3) is 0.143. The number of phenols is 2. The monoisotopic (exact) mass is 407 g/mol.